The Kier molecular flexibility index (Phi) is 2.98. The zero-order valence-electron chi connectivity index (χ0n) is 8.65. The normalized spacial score (nSPS) is 23.6. The van der Waals surface area contributed by atoms with Crippen LogP contribution in [-0.4, -0.2) is 27.2 Å². The number of aliphatic hydroxyl groups is 1. The number of nitrogens with two attached hydrogens (primary N) is 1. The largest absolute Gasteiger partial charge is 0.394 e. The van der Waals surface area contributed by atoms with Crippen molar-refractivity contribution in [3.05, 3.63) is 23.4 Å². The molecule has 2 rings (SSSR count). The minimum atomic E-state index is -0.454. The maximum Gasteiger partial charge on any atom is 0.223 e. The van der Waals surface area contributed by atoms with Crippen LogP contribution in [0.1, 0.15) is 12.8 Å². The molecular weight excluding hydrogens is 228 g/mol. The summed E-state index contributed by atoms with van der Waals surface area (Å²) in [5, 5.41) is 12.8. The summed E-state index contributed by atoms with van der Waals surface area (Å²) in [6, 6.07) is 1.58. The van der Waals surface area contributed by atoms with Gasteiger partial charge in [-0.3, -0.25) is 0 Å². The van der Waals surface area contributed by atoms with Crippen LogP contribution >= 0.6 is 11.6 Å². The molecule has 0 radical (unpaired) electrons. The number of nitrogens with one attached hydrogen (secondary N) is 1. The minimum Gasteiger partial charge on any atom is -0.394 e. The monoisotopic (exact) mass is 240 g/mol. The lowest BCUT2D eigenvalue weighted by Gasteiger charge is -2.27. The van der Waals surface area contributed by atoms with Crippen molar-refractivity contribution in [1.82, 2.24) is 9.97 Å². The zero-order valence-corrected chi connectivity index (χ0v) is 9.41. The second-order valence-electron chi connectivity index (χ2n) is 3.81. The van der Waals surface area contributed by atoms with Crippen LogP contribution in [0.3, 0.4) is 0 Å². The molecule has 86 valence electrons. The highest BCUT2D eigenvalue weighted by molar-refractivity contribution is 6.29. The Morgan fingerprint density at radius 1 is 1.56 bits per heavy atom. The van der Waals surface area contributed by atoms with E-state index in [0.717, 1.165) is 12.8 Å². The van der Waals surface area contributed by atoms with Gasteiger partial charge >= 0.3 is 0 Å². The van der Waals surface area contributed by atoms with Gasteiger partial charge in [-0.1, -0.05) is 23.8 Å². The lowest BCUT2D eigenvalue weighted by Crippen LogP contribution is -2.38. The average Bonchev–Trinajstić information content (AvgIpc) is 2.65. The van der Waals surface area contributed by atoms with Crippen molar-refractivity contribution < 1.29 is 5.11 Å². The van der Waals surface area contributed by atoms with Crippen LogP contribution < -0.4 is 11.1 Å². The number of hydrogen-bond donors (Lipinski definition) is 3. The summed E-state index contributed by atoms with van der Waals surface area (Å²) < 4.78 is 0. The number of nitrogen functional groups attached to an aromatic ring is 1. The van der Waals surface area contributed by atoms with Crippen LogP contribution in [0.25, 0.3) is 0 Å². The summed E-state index contributed by atoms with van der Waals surface area (Å²) in [4.78, 5) is 7.79. The third-order valence-electron chi connectivity index (χ3n) is 2.57. The van der Waals surface area contributed by atoms with Gasteiger partial charge in [0.05, 0.1) is 12.1 Å². The van der Waals surface area contributed by atoms with Gasteiger partial charge in [0.25, 0.3) is 0 Å². The molecule has 0 saturated heterocycles. The Morgan fingerprint density at radius 2 is 2.38 bits per heavy atom. The summed E-state index contributed by atoms with van der Waals surface area (Å²) >= 11 is 5.77. The smallest absolute Gasteiger partial charge is 0.223 e. The van der Waals surface area contributed by atoms with Gasteiger partial charge in [0.15, 0.2) is 0 Å². The average molecular weight is 241 g/mol. The Hall–Kier alpha value is -1.33. The van der Waals surface area contributed by atoms with Crippen molar-refractivity contribution in [3.8, 4) is 0 Å². The van der Waals surface area contributed by atoms with Gasteiger partial charge in [-0.25, -0.2) is 4.98 Å². The predicted molar refractivity (Wildman–Crippen MR) is 63.3 cm³/mol. The van der Waals surface area contributed by atoms with Crippen LogP contribution in [-0.2, 0) is 0 Å². The fraction of sp³-hybridized carbons (Fsp3) is 0.400. The van der Waals surface area contributed by atoms with Gasteiger partial charge in [-0.15, -0.1) is 0 Å². The van der Waals surface area contributed by atoms with Gasteiger partial charge in [-0.2, -0.15) is 4.98 Å². The molecule has 1 heterocycles. The molecule has 0 bridgehead atoms. The van der Waals surface area contributed by atoms with Gasteiger partial charge in [0.2, 0.25) is 5.95 Å². The summed E-state index contributed by atoms with van der Waals surface area (Å²) in [5.41, 5.74) is 5.04. The molecule has 5 nitrogen and oxygen atoms in total. The molecule has 0 amide bonds. The summed E-state index contributed by atoms with van der Waals surface area (Å²) in [6.07, 6.45) is 5.72. The number of hydrogen-bond acceptors (Lipinski definition) is 5. The van der Waals surface area contributed by atoms with Crippen molar-refractivity contribution in [3.63, 3.8) is 0 Å². The molecule has 1 aliphatic carbocycles. The molecule has 1 aromatic heterocycles. The number of allylic oxidation sites excluding steroid dienone is 1. The van der Waals surface area contributed by atoms with Crippen LogP contribution in [0.2, 0.25) is 5.15 Å². The summed E-state index contributed by atoms with van der Waals surface area (Å²) in [7, 11) is 0. The molecule has 1 aliphatic rings. The first-order valence-corrected chi connectivity index (χ1v) is 5.38. The van der Waals surface area contributed by atoms with Gasteiger partial charge < -0.3 is 16.2 Å². The first-order valence-electron chi connectivity index (χ1n) is 5.00. The maximum absolute atomic E-state index is 9.40. The Bertz CT molecular complexity index is 403. The Labute approximate surface area is 98.4 Å². The van der Waals surface area contributed by atoms with Crippen LogP contribution in [0, 0.1) is 0 Å². The van der Waals surface area contributed by atoms with Gasteiger partial charge in [0.1, 0.15) is 11.0 Å². The number of halogens is 1. The first kappa shape index (κ1) is 11.2. The number of aliphatic hydroxyl groups excluding tert-OH is 1. The number of nitrogens with zero attached hydrogens (tertiary/aromatic N) is 2. The first-order chi connectivity index (χ1) is 7.63. The zero-order chi connectivity index (χ0) is 11.6. The third kappa shape index (κ3) is 2.25. The van der Waals surface area contributed by atoms with Crippen molar-refractivity contribution >= 4 is 23.4 Å². The molecule has 0 aliphatic heterocycles. The molecule has 4 N–H and O–H groups in total. The Morgan fingerprint density at radius 3 is 2.94 bits per heavy atom. The molecule has 1 atom stereocenters. The summed E-state index contributed by atoms with van der Waals surface area (Å²) in [6.45, 7) is 0.00499. The van der Waals surface area contributed by atoms with E-state index in [1.54, 1.807) is 6.07 Å². The van der Waals surface area contributed by atoms with E-state index in [1.165, 1.54) is 0 Å². The van der Waals surface area contributed by atoms with E-state index in [-0.39, 0.29) is 17.7 Å². The van der Waals surface area contributed by atoms with Gasteiger partial charge in [-0.05, 0) is 12.8 Å². The lowest BCUT2D eigenvalue weighted by molar-refractivity contribution is 0.238. The van der Waals surface area contributed by atoms with Crippen molar-refractivity contribution in [2.45, 2.75) is 18.4 Å². The third-order valence-corrected chi connectivity index (χ3v) is 2.76. The van der Waals surface area contributed by atoms with Crippen molar-refractivity contribution in [1.29, 1.82) is 0 Å². The fourth-order valence-corrected chi connectivity index (χ4v) is 1.95. The predicted octanol–water partition coefficient (Wildman–Crippen LogP) is 1.21. The molecule has 0 unspecified atom stereocenters. The van der Waals surface area contributed by atoms with Gasteiger partial charge in [0, 0.05) is 6.07 Å². The maximum atomic E-state index is 9.40. The van der Waals surface area contributed by atoms with Crippen molar-refractivity contribution in [2.24, 2.45) is 0 Å². The van der Waals surface area contributed by atoms with E-state index in [0.29, 0.717) is 5.82 Å². The van der Waals surface area contributed by atoms with E-state index in [4.69, 9.17) is 17.3 Å². The number of rotatable bonds is 3. The summed E-state index contributed by atoms with van der Waals surface area (Å²) in [5.74, 6) is 0.642. The van der Waals surface area contributed by atoms with Crippen molar-refractivity contribution in [2.75, 3.05) is 17.7 Å². The lowest BCUT2D eigenvalue weighted by atomic mass is 10.0. The van der Waals surface area contributed by atoms with Crippen LogP contribution in [0.15, 0.2) is 18.2 Å². The SMILES string of the molecule is Nc1nc(Cl)cc(N[C@]2(CO)C=CCC2)n1. The highest BCUT2D eigenvalue weighted by atomic mass is 35.5. The van der Waals surface area contributed by atoms with E-state index in [9.17, 15) is 5.11 Å². The van der Waals surface area contributed by atoms with Crippen LogP contribution in [0.5, 0.6) is 0 Å². The molecular formula is C10H13ClN4O. The number of anilines is 2. The molecule has 0 aromatic carbocycles. The minimum absolute atomic E-state index is 0.00499. The quantitative estimate of drug-likeness (QED) is 0.546. The topological polar surface area (TPSA) is 84.1 Å². The highest BCUT2D eigenvalue weighted by Gasteiger charge is 2.29. The van der Waals surface area contributed by atoms with Crippen LogP contribution in [0.4, 0.5) is 11.8 Å². The van der Waals surface area contributed by atoms with E-state index >= 15 is 0 Å². The standard InChI is InChI=1S/C10H13ClN4O/c11-7-5-8(14-9(12)13-7)15-10(6-16)3-1-2-4-10/h1,3,5,16H,2,4,6H2,(H3,12,13,14,15)/t10-/m1/s1. The van der Waals surface area contributed by atoms with E-state index in [1.807, 2.05) is 12.2 Å². The number of aromatic nitrogens is 2. The molecule has 0 saturated carbocycles. The molecule has 6 heteroatoms. The molecule has 16 heavy (non-hydrogen) atoms. The molecule has 1 aromatic rings. The highest BCUT2D eigenvalue weighted by Crippen LogP contribution is 2.27. The molecule has 0 spiro atoms. The molecule has 0 fully saturated rings. The van der Waals surface area contributed by atoms with E-state index in [2.05, 4.69) is 15.3 Å². The fourth-order valence-electron chi connectivity index (χ4n) is 1.76. The second-order valence-corrected chi connectivity index (χ2v) is 4.20. The van der Waals surface area contributed by atoms with E-state index < -0.39 is 5.54 Å². The second kappa shape index (κ2) is 4.27. The Balaban J connectivity index is 2.22.